The second-order valence-electron chi connectivity index (χ2n) is 5.62. The second-order valence-corrected chi connectivity index (χ2v) is 5.62. The first-order chi connectivity index (χ1) is 7.39. The third-order valence-corrected chi connectivity index (χ3v) is 3.20. The predicted molar refractivity (Wildman–Crippen MR) is 66.8 cm³/mol. The molecule has 0 fully saturated rings. The first-order valence-electron chi connectivity index (χ1n) is 5.97. The van der Waals surface area contributed by atoms with Crippen molar-refractivity contribution >= 4 is 0 Å². The first kappa shape index (κ1) is 11.5. The van der Waals surface area contributed by atoms with E-state index >= 15 is 0 Å². The van der Waals surface area contributed by atoms with Gasteiger partial charge in [0.2, 0.25) is 0 Å². The standard InChI is InChI=1S/C14H21NO/c1-9(2)10-5-6-13-11(7-10)12(15)8-14(3,4)16-13/h5-7,9,12H,8,15H2,1-4H3. The zero-order valence-corrected chi connectivity index (χ0v) is 10.6. The Morgan fingerprint density at radius 3 is 2.69 bits per heavy atom. The van der Waals surface area contributed by atoms with Gasteiger partial charge in [-0.2, -0.15) is 0 Å². The van der Waals surface area contributed by atoms with Gasteiger partial charge in [0.15, 0.2) is 0 Å². The van der Waals surface area contributed by atoms with Crippen molar-refractivity contribution in [1.29, 1.82) is 0 Å². The van der Waals surface area contributed by atoms with E-state index in [-0.39, 0.29) is 11.6 Å². The molecule has 1 aromatic rings. The highest BCUT2D eigenvalue weighted by atomic mass is 16.5. The van der Waals surface area contributed by atoms with Crippen LogP contribution < -0.4 is 10.5 Å². The monoisotopic (exact) mass is 219 g/mol. The molecule has 0 aromatic heterocycles. The zero-order valence-electron chi connectivity index (χ0n) is 10.6. The van der Waals surface area contributed by atoms with Crippen LogP contribution in [0.4, 0.5) is 0 Å². The Kier molecular flexibility index (Phi) is 2.70. The SMILES string of the molecule is CC(C)c1ccc2c(c1)C(N)CC(C)(C)O2. The van der Waals surface area contributed by atoms with E-state index < -0.39 is 0 Å². The average Bonchev–Trinajstić information content (AvgIpc) is 2.15. The molecule has 1 unspecified atom stereocenters. The molecule has 2 rings (SSSR count). The smallest absolute Gasteiger partial charge is 0.124 e. The van der Waals surface area contributed by atoms with Crippen LogP contribution in [0.5, 0.6) is 5.75 Å². The Morgan fingerprint density at radius 1 is 1.38 bits per heavy atom. The molecule has 2 nitrogen and oxygen atoms in total. The number of fused-ring (bicyclic) bond motifs is 1. The summed E-state index contributed by atoms with van der Waals surface area (Å²) in [5.74, 6) is 1.49. The number of nitrogens with two attached hydrogens (primary N) is 1. The third kappa shape index (κ3) is 2.07. The molecule has 0 aliphatic carbocycles. The molecule has 0 saturated heterocycles. The fraction of sp³-hybridized carbons (Fsp3) is 0.571. The molecule has 1 aromatic carbocycles. The normalized spacial score (nSPS) is 22.8. The quantitative estimate of drug-likeness (QED) is 0.786. The van der Waals surface area contributed by atoms with Gasteiger partial charge < -0.3 is 10.5 Å². The molecule has 1 aliphatic heterocycles. The van der Waals surface area contributed by atoms with Crippen molar-refractivity contribution in [3.05, 3.63) is 29.3 Å². The van der Waals surface area contributed by atoms with Gasteiger partial charge in [0.1, 0.15) is 11.4 Å². The Hall–Kier alpha value is -1.02. The molecule has 1 heterocycles. The summed E-state index contributed by atoms with van der Waals surface area (Å²) in [4.78, 5) is 0. The van der Waals surface area contributed by atoms with Crippen molar-refractivity contribution in [2.24, 2.45) is 5.73 Å². The van der Waals surface area contributed by atoms with E-state index in [0.717, 1.165) is 17.7 Å². The minimum absolute atomic E-state index is 0.0949. The highest BCUT2D eigenvalue weighted by Gasteiger charge is 2.31. The van der Waals surface area contributed by atoms with Crippen LogP contribution in [-0.2, 0) is 0 Å². The highest BCUT2D eigenvalue weighted by molar-refractivity contribution is 5.42. The van der Waals surface area contributed by atoms with Crippen LogP contribution in [0.15, 0.2) is 18.2 Å². The summed E-state index contributed by atoms with van der Waals surface area (Å²) in [6.07, 6.45) is 0.877. The molecular weight excluding hydrogens is 198 g/mol. The Morgan fingerprint density at radius 2 is 2.06 bits per heavy atom. The van der Waals surface area contributed by atoms with Gasteiger partial charge in [-0.15, -0.1) is 0 Å². The van der Waals surface area contributed by atoms with Crippen LogP contribution in [0, 0.1) is 0 Å². The van der Waals surface area contributed by atoms with E-state index in [9.17, 15) is 0 Å². The lowest BCUT2D eigenvalue weighted by Crippen LogP contribution is -2.37. The van der Waals surface area contributed by atoms with Crippen LogP contribution >= 0.6 is 0 Å². The number of ether oxygens (including phenoxy) is 1. The number of hydrogen-bond acceptors (Lipinski definition) is 2. The number of rotatable bonds is 1. The molecule has 0 bridgehead atoms. The van der Waals surface area contributed by atoms with Crippen LogP contribution in [0.1, 0.15) is 57.2 Å². The van der Waals surface area contributed by atoms with Gasteiger partial charge in [-0.3, -0.25) is 0 Å². The molecule has 0 amide bonds. The number of hydrogen-bond donors (Lipinski definition) is 1. The summed E-state index contributed by atoms with van der Waals surface area (Å²) in [6, 6.07) is 6.49. The van der Waals surface area contributed by atoms with E-state index in [1.54, 1.807) is 0 Å². The van der Waals surface area contributed by atoms with Crippen molar-refractivity contribution < 1.29 is 4.74 Å². The fourth-order valence-corrected chi connectivity index (χ4v) is 2.29. The van der Waals surface area contributed by atoms with Crippen molar-refractivity contribution in [3.8, 4) is 5.75 Å². The maximum atomic E-state index is 6.21. The molecule has 1 atom stereocenters. The van der Waals surface area contributed by atoms with Gasteiger partial charge in [0.05, 0.1) is 0 Å². The van der Waals surface area contributed by atoms with Gasteiger partial charge in [0.25, 0.3) is 0 Å². The third-order valence-electron chi connectivity index (χ3n) is 3.20. The summed E-state index contributed by atoms with van der Waals surface area (Å²) in [5.41, 5.74) is 8.55. The number of benzene rings is 1. The maximum Gasteiger partial charge on any atom is 0.124 e. The molecule has 0 spiro atoms. The lowest BCUT2D eigenvalue weighted by atomic mass is 9.88. The van der Waals surface area contributed by atoms with Crippen molar-refractivity contribution in [3.63, 3.8) is 0 Å². The largest absolute Gasteiger partial charge is 0.487 e. The summed E-state index contributed by atoms with van der Waals surface area (Å²) < 4.78 is 5.94. The average molecular weight is 219 g/mol. The molecular formula is C14H21NO. The summed E-state index contributed by atoms with van der Waals surface area (Å²) in [6.45, 7) is 8.57. The molecule has 1 aliphatic rings. The minimum Gasteiger partial charge on any atom is -0.487 e. The van der Waals surface area contributed by atoms with E-state index in [0.29, 0.717) is 5.92 Å². The Labute approximate surface area is 97.8 Å². The first-order valence-corrected chi connectivity index (χ1v) is 5.97. The van der Waals surface area contributed by atoms with Gasteiger partial charge >= 0.3 is 0 Å². The second kappa shape index (κ2) is 3.77. The molecule has 2 heteroatoms. The lowest BCUT2D eigenvalue weighted by Gasteiger charge is -2.36. The van der Waals surface area contributed by atoms with Crippen LogP contribution in [0.25, 0.3) is 0 Å². The van der Waals surface area contributed by atoms with E-state index in [2.05, 4.69) is 45.9 Å². The summed E-state index contributed by atoms with van der Waals surface area (Å²) in [7, 11) is 0. The van der Waals surface area contributed by atoms with Gasteiger partial charge in [-0.25, -0.2) is 0 Å². The summed E-state index contributed by atoms with van der Waals surface area (Å²) in [5, 5.41) is 0. The molecule has 2 N–H and O–H groups in total. The van der Waals surface area contributed by atoms with Crippen molar-refractivity contribution in [2.45, 2.75) is 51.7 Å². The topological polar surface area (TPSA) is 35.2 Å². The predicted octanol–water partition coefficient (Wildman–Crippen LogP) is 3.37. The lowest BCUT2D eigenvalue weighted by molar-refractivity contribution is 0.0728. The maximum absolute atomic E-state index is 6.21. The van der Waals surface area contributed by atoms with Gasteiger partial charge in [-0.05, 0) is 31.4 Å². The van der Waals surface area contributed by atoms with Crippen molar-refractivity contribution in [2.75, 3.05) is 0 Å². The van der Waals surface area contributed by atoms with E-state index in [4.69, 9.17) is 10.5 Å². The van der Waals surface area contributed by atoms with Crippen LogP contribution in [0.2, 0.25) is 0 Å². The van der Waals surface area contributed by atoms with E-state index in [1.165, 1.54) is 5.56 Å². The van der Waals surface area contributed by atoms with Crippen LogP contribution in [-0.4, -0.2) is 5.60 Å². The van der Waals surface area contributed by atoms with Crippen LogP contribution in [0.3, 0.4) is 0 Å². The minimum atomic E-state index is -0.147. The molecule has 0 saturated carbocycles. The van der Waals surface area contributed by atoms with E-state index in [1.807, 2.05) is 0 Å². The summed E-state index contributed by atoms with van der Waals surface area (Å²) >= 11 is 0. The zero-order chi connectivity index (χ0) is 11.9. The van der Waals surface area contributed by atoms with Gasteiger partial charge in [-0.1, -0.05) is 26.0 Å². The Balaban J connectivity index is 2.41. The fourth-order valence-electron chi connectivity index (χ4n) is 2.29. The van der Waals surface area contributed by atoms with Gasteiger partial charge in [0, 0.05) is 18.0 Å². The molecule has 0 radical (unpaired) electrons. The Bertz CT molecular complexity index is 396. The van der Waals surface area contributed by atoms with Crippen molar-refractivity contribution in [1.82, 2.24) is 0 Å². The molecule has 88 valence electrons. The highest BCUT2D eigenvalue weighted by Crippen LogP contribution is 2.39. The molecule has 16 heavy (non-hydrogen) atoms.